The summed E-state index contributed by atoms with van der Waals surface area (Å²) in [5.74, 6) is 0.663. The zero-order valence-electron chi connectivity index (χ0n) is 17.7. The summed E-state index contributed by atoms with van der Waals surface area (Å²) in [6.45, 7) is 4.21. The minimum absolute atomic E-state index is 0.00522. The highest BCUT2D eigenvalue weighted by Crippen LogP contribution is 2.35. The number of hydrogen-bond donors (Lipinski definition) is 1. The summed E-state index contributed by atoms with van der Waals surface area (Å²) >= 11 is 1.70. The summed E-state index contributed by atoms with van der Waals surface area (Å²) < 4.78 is 2.27. The Bertz CT molecular complexity index is 1530. The maximum Gasteiger partial charge on any atom is 0.260 e. The molecule has 154 valence electrons. The molecule has 0 unspecified atom stereocenters. The van der Waals surface area contributed by atoms with Gasteiger partial charge in [-0.3, -0.25) is 4.79 Å². The van der Waals surface area contributed by atoms with Crippen LogP contribution in [0.5, 0.6) is 0 Å². The molecule has 0 amide bonds. The first kappa shape index (κ1) is 18.6. The van der Waals surface area contributed by atoms with Crippen molar-refractivity contribution in [3.63, 3.8) is 0 Å². The summed E-state index contributed by atoms with van der Waals surface area (Å²) in [4.78, 5) is 23.3. The molecule has 0 fully saturated rings. The van der Waals surface area contributed by atoms with Crippen molar-refractivity contribution in [2.45, 2.75) is 39.5 Å². The third-order valence-electron chi connectivity index (χ3n) is 6.52. The molecule has 2 aromatic carbocycles. The normalized spacial score (nSPS) is 13.7. The van der Waals surface area contributed by atoms with Gasteiger partial charge < -0.3 is 9.55 Å². The molecule has 0 spiro atoms. The highest BCUT2D eigenvalue weighted by Gasteiger charge is 2.22. The molecular formula is C26H23N3OS. The molecule has 0 atom stereocenters. The van der Waals surface area contributed by atoms with E-state index in [-0.39, 0.29) is 5.56 Å². The first-order valence-electron chi connectivity index (χ1n) is 10.8. The maximum atomic E-state index is 13.1. The molecule has 0 saturated carbocycles. The molecular weight excluding hydrogens is 402 g/mol. The lowest BCUT2D eigenvalue weighted by atomic mass is 9.97. The third-order valence-corrected chi connectivity index (χ3v) is 7.70. The Hall–Kier alpha value is -3.18. The van der Waals surface area contributed by atoms with E-state index in [1.54, 1.807) is 11.3 Å². The summed E-state index contributed by atoms with van der Waals surface area (Å²) in [6, 6.07) is 17.0. The third kappa shape index (κ3) is 2.80. The average Bonchev–Trinajstić information content (AvgIpc) is 3.30. The van der Waals surface area contributed by atoms with E-state index in [1.165, 1.54) is 27.6 Å². The zero-order valence-corrected chi connectivity index (χ0v) is 18.5. The van der Waals surface area contributed by atoms with Crippen LogP contribution in [0.1, 0.15) is 34.7 Å². The summed E-state index contributed by atoms with van der Waals surface area (Å²) in [5.41, 5.74) is 5.56. The van der Waals surface area contributed by atoms with E-state index in [9.17, 15) is 4.79 Å². The van der Waals surface area contributed by atoms with Gasteiger partial charge in [-0.1, -0.05) is 36.4 Å². The maximum absolute atomic E-state index is 13.1. The molecule has 3 aromatic heterocycles. The molecule has 0 radical (unpaired) electrons. The number of nitrogens with one attached hydrogen (secondary N) is 1. The Balaban J connectivity index is 1.56. The summed E-state index contributed by atoms with van der Waals surface area (Å²) in [5, 5.41) is 3.23. The fourth-order valence-corrected chi connectivity index (χ4v) is 6.33. The Morgan fingerprint density at radius 1 is 1.03 bits per heavy atom. The minimum atomic E-state index is -0.00522. The number of aromatic amines is 1. The predicted octanol–water partition coefficient (Wildman–Crippen LogP) is 6.09. The number of hydrogen-bond acceptors (Lipinski definition) is 3. The van der Waals surface area contributed by atoms with Gasteiger partial charge in [0.25, 0.3) is 5.56 Å². The topological polar surface area (TPSA) is 50.7 Å². The first-order chi connectivity index (χ1) is 15.1. The predicted molar refractivity (Wildman–Crippen MR) is 129 cm³/mol. The van der Waals surface area contributed by atoms with Gasteiger partial charge in [0.2, 0.25) is 0 Å². The van der Waals surface area contributed by atoms with Crippen LogP contribution in [0, 0.1) is 13.8 Å². The number of nitrogens with zero attached hydrogens (tertiary/aromatic N) is 2. The van der Waals surface area contributed by atoms with Crippen molar-refractivity contribution in [1.82, 2.24) is 14.5 Å². The molecule has 1 aliphatic rings. The van der Waals surface area contributed by atoms with Crippen LogP contribution >= 0.6 is 11.3 Å². The van der Waals surface area contributed by atoms with Gasteiger partial charge >= 0.3 is 0 Å². The van der Waals surface area contributed by atoms with Crippen molar-refractivity contribution in [2.24, 2.45) is 0 Å². The molecule has 4 nitrogen and oxygen atoms in total. The first-order valence-corrected chi connectivity index (χ1v) is 11.7. The van der Waals surface area contributed by atoms with Gasteiger partial charge in [-0.15, -0.1) is 11.3 Å². The van der Waals surface area contributed by atoms with E-state index >= 15 is 0 Å². The number of rotatable bonds is 2. The zero-order chi connectivity index (χ0) is 21.1. The molecule has 31 heavy (non-hydrogen) atoms. The molecule has 1 aliphatic carbocycles. The van der Waals surface area contributed by atoms with Gasteiger partial charge in [0.1, 0.15) is 10.7 Å². The molecule has 0 aliphatic heterocycles. The van der Waals surface area contributed by atoms with E-state index in [0.717, 1.165) is 52.1 Å². The Labute approximate surface area is 184 Å². The number of aryl methyl sites for hydroxylation is 3. The fraction of sp³-hybridized carbons (Fsp3) is 0.231. The fourth-order valence-electron chi connectivity index (χ4n) is 5.07. The van der Waals surface area contributed by atoms with Gasteiger partial charge in [-0.25, -0.2) is 4.98 Å². The van der Waals surface area contributed by atoms with Gasteiger partial charge in [0.05, 0.1) is 11.1 Å². The van der Waals surface area contributed by atoms with Crippen molar-refractivity contribution in [1.29, 1.82) is 0 Å². The van der Waals surface area contributed by atoms with E-state index < -0.39 is 0 Å². The van der Waals surface area contributed by atoms with Crippen LogP contribution in [-0.2, 0) is 12.8 Å². The highest BCUT2D eigenvalue weighted by atomic mass is 32.1. The van der Waals surface area contributed by atoms with Crippen LogP contribution in [0.15, 0.2) is 53.3 Å². The van der Waals surface area contributed by atoms with Gasteiger partial charge in [-0.2, -0.15) is 0 Å². The molecule has 5 heteroatoms. The number of aromatic nitrogens is 3. The van der Waals surface area contributed by atoms with Crippen molar-refractivity contribution in [3.8, 4) is 17.1 Å². The Kier molecular flexibility index (Phi) is 4.15. The number of thiophene rings is 1. The van der Waals surface area contributed by atoms with Crippen LogP contribution in [-0.4, -0.2) is 14.5 Å². The van der Waals surface area contributed by atoms with E-state index in [4.69, 9.17) is 4.98 Å². The molecule has 1 N–H and O–H groups in total. The van der Waals surface area contributed by atoms with Crippen molar-refractivity contribution in [3.05, 3.63) is 80.7 Å². The number of benzene rings is 2. The smallest absolute Gasteiger partial charge is 0.260 e. The van der Waals surface area contributed by atoms with Gasteiger partial charge in [0.15, 0.2) is 0 Å². The van der Waals surface area contributed by atoms with Crippen molar-refractivity contribution < 1.29 is 0 Å². The quantitative estimate of drug-likeness (QED) is 0.372. The van der Waals surface area contributed by atoms with Gasteiger partial charge in [0, 0.05) is 27.2 Å². The van der Waals surface area contributed by atoms with Crippen molar-refractivity contribution >= 4 is 32.3 Å². The van der Waals surface area contributed by atoms with Crippen LogP contribution in [0.2, 0.25) is 0 Å². The second kappa shape index (κ2) is 6.92. The molecule has 5 aromatic rings. The monoisotopic (exact) mass is 425 g/mol. The summed E-state index contributed by atoms with van der Waals surface area (Å²) in [6.07, 6.45) is 4.43. The number of fused-ring (bicyclic) bond motifs is 4. The SMILES string of the molecule is Cc1cc(-c2nc3sc4c(c3c(=O)[nH]2)CCCC4)c(C)n1-c1cccc2ccccc12. The van der Waals surface area contributed by atoms with Gasteiger partial charge in [-0.05, 0) is 62.6 Å². The van der Waals surface area contributed by atoms with E-state index in [0.29, 0.717) is 5.82 Å². The second-order valence-corrected chi connectivity index (χ2v) is 9.51. The van der Waals surface area contributed by atoms with Crippen LogP contribution in [0.25, 0.3) is 38.1 Å². The van der Waals surface area contributed by atoms with E-state index in [1.807, 2.05) is 0 Å². The second-order valence-electron chi connectivity index (χ2n) is 8.42. The Morgan fingerprint density at radius 2 is 1.84 bits per heavy atom. The van der Waals surface area contributed by atoms with Crippen LogP contribution < -0.4 is 5.56 Å². The molecule has 0 bridgehead atoms. The van der Waals surface area contributed by atoms with Crippen LogP contribution in [0.3, 0.4) is 0 Å². The Morgan fingerprint density at radius 3 is 2.74 bits per heavy atom. The summed E-state index contributed by atoms with van der Waals surface area (Å²) in [7, 11) is 0. The minimum Gasteiger partial charge on any atom is -0.317 e. The van der Waals surface area contributed by atoms with Crippen LogP contribution in [0.4, 0.5) is 0 Å². The number of H-pyrrole nitrogens is 1. The van der Waals surface area contributed by atoms with Crippen molar-refractivity contribution in [2.75, 3.05) is 0 Å². The average molecular weight is 426 g/mol. The standard InChI is InChI=1S/C26H23N3OS/c1-15-14-20(16(2)29(15)21-12-7-9-17-8-3-4-10-18(17)21)24-27-25(30)23-19-11-5-6-13-22(19)31-26(23)28-24/h3-4,7-10,12,14H,5-6,11,13H2,1-2H3,(H,27,28,30). The lowest BCUT2D eigenvalue weighted by molar-refractivity contribution is 0.700. The van der Waals surface area contributed by atoms with E-state index in [2.05, 4.69) is 71.9 Å². The molecule has 3 heterocycles. The molecule has 6 rings (SSSR count). The lowest BCUT2D eigenvalue weighted by Gasteiger charge is -2.13. The lowest BCUT2D eigenvalue weighted by Crippen LogP contribution is -2.11. The largest absolute Gasteiger partial charge is 0.317 e. The highest BCUT2D eigenvalue weighted by molar-refractivity contribution is 7.18. The molecule has 0 saturated heterocycles.